The Morgan fingerprint density at radius 3 is 2.86 bits per heavy atom. The number of nitrogens with one attached hydrogen (secondary N) is 1. The van der Waals surface area contributed by atoms with Gasteiger partial charge in [0.15, 0.2) is 0 Å². The lowest BCUT2D eigenvalue weighted by Gasteiger charge is -2.09. The van der Waals surface area contributed by atoms with Gasteiger partial charge in [0, 0.05) is 30.2 Å². The quantitative estimate of drug-likeness (QED) is 0.451. The predicted octanol–water partition coefficient (Wildman–Crippen LogP) is 3.35. The first-order valence-corrected chi connectivity index (χ1v) is 10.0. The number of nitrogens with zero attached hydrogens (tertiary/aromatic N) is 7. The second kappa shape index (κ2) is 9.03. The number of nitriles is 1. The fourth-order valence-electron chi connectivity index (χ4n) is 2.82. The number of hydrogen-bond acceptors (Lipinski definition) is 8. The van der Waals surface area contributed by atoms with E-state index < -0.39 is 5.92 Å². The van der Waals surface area contributed by atoms with Crippen LogP contribution >= 0.6 is 11.3 Å². The molecule has 144 valence electrons. The van der Waals surface area contributed by atoms with Crippen LogP contribution in [0, 0.1) is 11.3 Å². The summed E-state index contributed by atoms with van der Waals surface area (Å²) in [7, 11) is 0. The van der Waals surface area contributed by atoms with E-state index in [0.29, 0.717) is 18.2 Å². The average molecular weight is 402 g/mol. The zero-order valence-electron chi connectivity index (χ0n) is 15.5. The molecule has 3 heterocycles. The number of anilines is 1. The molecule has 8 nitrogen and oxygen atoms in total. The van der Waals surface area contributed by atoms with Gasteiger partial charge in [-0.05, 0) is 12.5 Å². The maximum absolute atomic E-state index is 9.74. The Kier molecular flexibility index (Phi) is 5.83. The molecule has 0 radical (unpaired) electrons. The van der Waals surface area contributed by atoms with Gasteiger partial charge in [0.2, 0.25) is 5.95 Å². The Bertz CT molecular complexity index is 1090. The molecule has 0 bridgehead atoms. The SMILES string of the molecule is N#CC(c1ccnc(NCCCn2cncn2)n1)c1nc(-c2ccccc2)cs1. The lowest BCUT2D eigenvalue weighted by molar-refractivity contribution is 0.589. The van der Waals surface area contributed by atoms with Crippen LogP contribution in [0.15, 0.2) is 60.6 Å². The van der Waals surface area contributed by atoms with Crippen LogP contribution in [-0.4, -0.2) is 36.3 Å². The number of rotatable bonds is 8. The zero-order valence-corrected chi connectivity index (χ0v) is 16.3. The molecule has 0 amide bonds. The molecule has 0 aliphatic carbocycles. The van der Waals surface area contributed by atoms with E-state index in [-0.39, 0.29) is 0 Å². The summed E-state index contributed by atoms with van der Waals surface area (Å²) in [6, 6.07) is 14.0. The van der Waals surface area contributed by atoms with Crippen LogP contribution in [0.1, 0.15) is 23.0 Å². The molecule has 4 aromatic rings. The van der Waals surface area contributed by atoms with Crippen molar-refractivity contribution >= 4 is 17.3 Å². The molecule has 0 fully saturated rings. The fraction of sp³-hybridized carbons (Fsp3) is 0.200. The van der Waals surface area contributed by atoms with Crippen LogP contribution in [-0.2, 0) is 6.54 Å². The minimum Gasteiger partial charge on any atom is -0.354 e. The molecule has 1 atom stereocenters. The normalized spacial score (nSPS) is 11.7. The van der Waals surface area contributed by atoms with Crippen LogP contribution in [0.3, 0.4) is 0 Å². The smallest absolute Gasteiger partial charge is 0.222 e. The van der Waals surface area contributed by atoms with E-state index >= 15 is 0 Å². The number of hydrogen-bond donors (Lipinski definition) is 1. The van der Waals surface area contributed by atoms with Gasteiger partial charge in [-0.15, -0.1) is 11.3 Å². The highest BCUT2D eigenvalue weighted by Gasteiger charge is 2.20. The Labute approximate surface area is 171 Å². The summed E-state index contributed by atoms with van der Waals surface area (Å²) in [4.78, 5) is 17.4. The molecule has 4 rings (SSSR count). The van der Waals surface area contributed by atoms with Gasteiger partial charge in [0.1, 0.15) is 23.6 Å². The lowest BCUT2D eigenvalue weighted by Crippen LogP contribution is -2.11. The van der Waals surface area contributed by atoms with Gasteiger partial charge in [-0.2, -0.15) is 10.4 Å². The molecule has 0 aliphatic rings. The van der Waals surface area contributed by atoms with E-state index in [1.165, 1.54) is 17.7 Å². The molecule has 1 aromatic carbocycles. The molecule has 0 saturated carbocycles. The van der Waals surface area contributed by atoms with Gasteiger partial charge < -0.3 is 5.32 Å². The van der Waals surface area contributed by atoms with Gasteiger partial charge in [0.25, 0.3) is 0 Å². The maximum Gasteiger partial charge on any atom is 0.222 e. The van der Waals surface area contributed by atoms with Crippen LogP contribution in [0.25, 0.3) is 11.3 Å². The van der Waals surface area contributed by atoms with Crippen molar-refractivity contribution in [1.29, 1.82) is 5.26 Å². The molecule has 3 aromatic heterocycles. The van der Waals surface area contributed by atoms with Crippen molar-refractivity contribution < 1.29 is 0 Å². The van der Waals surface area contributed by atoms with Gasteiger partial charge in [-0.1, -0.05) is 30.3 Å². The first kappa shape index (κ1) is 18.7. The number of aromatic nitrogens is 6. The van der Waals surface area contributed by atoms with Crippen LogP contribution in [0.2, 0.25) is 0 Å². The molecular formula is C20H18N8S. The highest BCUT2D eigenvalue weighted by molar-refractivity contribution is 7.10. The average Bonchev–Trinajstić information content (AvgIpc) is 3.45. The van der Waals surface area contributed by atoms with E-state index in [9.17, 15) is 5.26 Å². The molecule has 0 aliphatic heterocycles. The standard InChI is InChI=1S/C20H18N8S/c21-11-16(19-26-18(12-29-19)15-5-2-1-3-6-15)17-7-9-24-20(27-17)23-8-4-10-28-14-22-13-25-28/h1-3,5-7,9,12-14,16H,4,8,10H2,(H,23,24,27). The highest BCUT2D eigenvalue weighted by Crippen LogP contribution is 2.29. The Balaban J connectivity index is 1.43. The van der Waals surface area contributed by atoms with Crippen molar-refractivity contribution in [2.24, 2.45) is 0 Å². The van der Waals surface area contributed by atoms with Gasteiger partial charge >= 0.3 is 0 Å². The highest BCUT2D eigenvalue weighted by atomic mass is 32.1. The van der Waals surface area contributed by atoms with Gasteiger partial charge in [0.05, 0.1) is 17.5 Å². The second-order valence-electron chi connectivity index (χ2n) is 6.24. The minimum absolute atomic E-state index is 0.501. The topological polar surface area (TPSA) is 105 Å². The van der Waals surface area contributed by atoms with Crippen LogP contribution < -0.4 is 5.32 Å². The summed E-state index contributed by atoms with van der Waals surface area (Å²) in [6.45, 7) is 1.45. The fourth-order valence-corrected chi connectivity index (χ4v) is 3.70. The summed E-state index contributed by atoms with van der Waals surface area (Å²) in [5.41, 5.74) is 2.53. The van der Waals surface area contributed by atoms with E-state index in [1.807, 2.05) is 35.7 Å². The number of benzene rings is 1. The first-order valence-electron chi connectivity index (χ1n) is 9.13. The van der Waals surface area contributed by atoms with Crippen molar-refractivity contribution in [3.63, 3.8) is 0 Å². The molecule has 0 spiro atoms. The summed E-state index contributed by atoms with van der Waals surface area (Å²) in [5.74, 6) is -0.0302. The van der Waals surface area contributed by atoms with Gasteiger partial charge in [-0.25, -0.2) is 19.9 Å². The first-order chi connectivity index (χ1) is 14.3. The summed E-state index contributed by atoms with van der Waals surface area (Å²) < 4.78 is 1.78. The number of aryl methyl sites for hydroxylation is 1. The zero-order chi connectivity index (χ0) is 19.9. The maximum atomic E-state index is 9.74. The van der Waals surface area contributed by atoms with E-state index in [4.69, 9.17) is 0 Å². The summed E-state index contributed by atoms with van der Waals surface area (Å²) in [5, 5.41) is 19.7. The summed E-state index contributed by atoms with van der Waals surface area (Å²) >= 11 is 1.47. The molecule has 29 heavy (non-hydrogen) atoms. The third-order valence-corrected chi connectivity index (χ3v) is 5.16. The third kappa shape index (κ3) is 4.62. The molecule has 1 unspecified atom stereocenters. The van der Waals surface area contributed by atoms with E-state index in [0.717, 1.165) is 29.2 Å². The number of thiazole rings is 1. The van der Waals surface area contributed by atoms with Crippen molar-refractivity contribution in [2.75, 3.05) is 11.9 Å². The molecule has 9 heteroatoms. The molecule has 1 N–H and O–H groups in total. The van der Waals surface area contributed by atoms with E-state index in [2.05, 4.69) is 36.4 Å². The lowest BCUT2D eigenvalue weighted by atomic mass is 10.1. The van der Waals surface area contributed by atoms with Crippen LogP contribution in [0.4, 0.5) is 5.95 Å². The van der Waals surface area contributed by atoms with Gasteiger partial charge in [-0.3, -0.25) is 4.68 Å². The Morgan fingerprint density at radius 1 is 1.17 bits per heavy atom. The van der Waals surface area contributed by atoms with Crippen molar-refractivity contribution in [1.82, 2.24) is 29.7 Å². The minimum atomic E-state index is -0.531. The Hall–Kier alpha value is -3.64. The summed E-state index contributed by atoms with van der Waals surface area (Å²) in [6.07, 6.45) is 5.72. The van der Waals surface area contributed by atoms with Crippen LogP contribution in [0.5, 0.6) is 0 Å². The Morgan fingerprint density at radius 2 is 2.07 bits per heavy atom. The van der Waals surface area contributed by atoms with Crippen molar-refractivity contribution in [3.8, 4) is 17.3 Å². The molecular weight excluding hydrogens is 384 g/mol. The monoisotopic (exact) mass is 402 g/mol. The third-order valence-electron chi connectivity index (χ3n) is 4.25. The van der Waals surface area contributed by atoms with E-state index in [1.54, 1.807) is 23.3 Å². The van der Waals surface area contributed by atoms with Crippen molar-refractivity contribution in [3.05, 3.63) is 71.3 Å². The predicted molar refractivity (Wildman–Crippen MR) is 110 cm³/mol. The van der Waals surface area contributed by atoms with Crippen molar-refractivity contribution in [2.45, 2.75) is 18.9 Å². The second-order valence-corrected chi connectivity index (χ2v) is 7.13. The largest absolute Gasteiger partial charge is 0.354 e. The molecule has 0 saturated heterocycles.